The molecule has 20 heavy (non-hydrogen) atoms. The zero-order valence-corrected chi connectivity index (χ0v) is 12.6. The molecule has 5 nitrogen and oxygen atoms in total. The Morgan fingerprint density at radius 3 is 2.70 bits per heavy atom. The van der Waals surface area contributed by atoms with Crippen LogP contribution in [0, 0.1) is 11.3 Å². The van der Waals surface area contributed by atoms with Crippen LogP contribution in [0.2, 0.25) is 0 Å². The summed E-state index contributed by atoms with van der Waals surface area (Å²) in [5.74, 6) is 1.53. The second-order valence-electron chi connectivity index (χ2n) is 4.89. The quantitative estimate of drug-likeness (QED) is 0.914. The second kappa shape index (κ2) is 6.00. The number of ether oxygens (including phenoxy) is 2. The number of nitrogens with one attached hydrogen (secondary N) is 1. The van der Waals surface area contributed by atoms with Gasteiger partial charge in [-0.15, -0.1) is 0 Å². The number of rotatable bonds is 3. The Morgan fingerprint density at radius 1 is 1.30 bits per heavy atom. The van der Waals surface area contributed by atoms with Gasteiger partial charge in [0, 0.05) is 36.7 Å². The molecule has 0 unspecified atom stereocenters. The molecule has 1 aromatic rings. The molecule has 106 valence electrons. The number of nitrogens with zero attached hydrogens (tertiary/aromatic N) is 2. The highest BCUT2D eigenvalue weighted by molar-refractivity contribution is 9.10. The summed E-state index contributed by atoms with van der Waals surface area (Å²) in [6.45, 7) is 4.09. The Balaban J connectivity index is 1.92. The van der Waals surface area contributed by atoms with Crippen molar-refractivity contribution in [2.45, 2.75) is 12.5 Å². The van der Waals surface area contributed by atoms with Crippen LogP contribution in [0.1, 0.15) is 18.0 Å². The Hall–Kier alpha value is -1.29. The number of halogens is 1. The van der Waals surface area contributed by atoms with E-state index in [1.807, 2.05) is 12.1 Å². The van der Waals surface area contributed by atoms with Gasteiger partial charge in [-0.05, 0) is 17.7 Å². The largest absolute Gasteiger partial charge is 0.454 e. The van der Waals surface area contributed by atoms with Gasteiger partial charge in [0.1, 0.15) is 0 Å². The zero-order valence-electron chi connectivity index (χ0n) is 11.1. The fourth-order valence-electron chi connectivity index (χ4n) is 2.70. The highest BCUT2D eigenvalue weighted by Crippen LogP contribution is 2.41. The van der Waals surface area contributed by atoms with Crippen molar-refractivity contribution < 1.29 is 9.47 Å². The van der Waals surface area contributed by atoms with E-state index >= 15 is 0 Å². The molecule has 1 saturated heterocycles. The molecule has 1 atom stereocenters. The standard InChI is InChI=1S/C14H16BrN3O2/c15-11-8-14-13(19-9-20-14)7-10(11)12(1-2-16)18-5-3-17-4-6-18/h7-8,12,17H,1,3-6,9H2/t12-/m1/s1. The smallest absolute Gasteiger partial charge is 0.231 e. The Morgan fingerprint density at radius 2 is 2.00 bits per heavy atom. The Kier molecular flexibility index (Phi) is 4.10. The van der Waals surface area contributed by atoms with Gasteiger partial charge in [0.05, 0.1) is 12.5 Å². The first kappa shape index (κ1) is 13.7. The van der Waals surface area contributed by atoms with Gasteiger partial charge >= 0.3 is 0 Å². The van der Waals surface area contributed by atoms with Crippen molar-refractivity contribution in [3.05, 3.63) is 22.2 Å². The minimum atomic E-state index is 0.0889. The molecule has 0 aliphatic carbocycles. The molecule has 0 aromatic heterocycles. The lowest BCUT2D eigenvalue weighted by atomic mass is 10.0. The number of nitriles is 1. The maximum absolute atomic E-state index is 9.15. The Bertz CT molecular complexity index is 538. The molecule has 3 rings (SSSR count). The minimum absolute atomic E-state index is 0.0889. The summed E-state index contributed by atoms with van der Waals surface area (Å²) >= 11 is 3.60. The monoisotopic (exact) mass is 337 g/mol. The lowest BCUT2D eigenvalue weighted by Gasteiger charge is -2.34. The SMILES string of the molecule is N#CC[C@H](c1cc2c(cc1Br)OCO2)N1CCNCC1. The maximum atomic E-state index is 9.15. The summed E-state index contributed by atoms with van der Waals surface area (Å²) in [5.41, 5.74) is 1.10. The topological polar surface area (TPSA) is 57.5 Å². The van der Waals surface area contributed by atoms with Crippen molar-refractivity contribution in [2.24, 2.45) is 0 Å². The van der Waals surface area contributed by atoms with Crippen LogP contribution in [0.4, 0.5) is 0 Å². The average molecular weight is 338 g/mol. The fraction of sp³-hybridized carbons (Fsp3) is 0.500. The molecule has 1 aromatic carbocycles. The van der Waals surface area contributed by atoms with Crippen LogP contribution in [-0.2, 0) is 0 Å². The summed E-state index contributed by atoms with van der Waals surface area (Å²) in [4.78, 5) is 2.35. The molecule has 1 N–H and O–H groups in total. The van der Waals surface area contributed by atoms with E-state index in [1.54, 1.807) is 0 Å². The summed E-state index contributed by atoms with van der Waals surface area (Å²) in [6.07, 6.45) is 0.470. The van der Waals surface area contributed by atoms with E-state index in [0.717, 1.165) is 47.7 Å². The van der Waals surface area contributed by atoms with E-state index in [-0.39, 0.29) is 12.8 Å². The van der Waals surface area contributed by atoms with E-state index in [0.29, 0.717) is 6.42 Å². The normalized spacial score (nSPS) is 19.6. The molecular formula is C14H16BrN3O2. The van der Waals surface area contributed by atoms with Gasteiger partial charge in [0.2, 0.25) is 6.79 Å². The van der Waals surface area contributed by atoms with Crippen LogP contribution in [0.5, 0.6) is 11.5 Å². The first-order valence-corrected chi connectivity index (χ1v) is 7.49. The molecule has 2 heterocycles. The molecule has 2 aliphatic rings. The highest BCUT2D eigenvalue weighted by Gasteiger charge is 2.26. The molecule has 0 radical (unpaired) electrons. The molecule has 6 heteroatoms. The third kappa shape index (κ3) is 2.62. The van der Waals surface area contributed by atoms with Gasteiger partial charge in [-0.1, -0.05) is 15.9 Å². The predicted octanol–water partition coefficient (Wildman–Crippen LogP) is 2.04. The number of fused-ring (bicyclic) bond motifs is 1. The maximum Gasteiger partial charge on any atom is 0.231 e. The number of hydrogen-bond donors (Lipinski definition) is 1. The van der Waals surface area contributed by atoms with Crippen LogP contribution < -0.4 is 14.8 Å². The van der Waals surface area contributed by atoms with Gasteiger partial charge in [-0.3, -0.25) is 4.90 Å². The molecule has 2 aliphatic heterocycles. The first-order chi connectivity index (χ1) is 9.79. The lowest BCUT2D eigenvalue weighted by Crippen LogP contribution is -2.45. The van der Waals surface area contributed by atoms with Crippen molar-refractivity contribution >= 4 is 15.9 Å². The number of hydrogen-bond acceptors (Lipinski definition) is 5. The van der Waals surface area contributed by atoms with Crippen molar-refractivity contribution in [3.8, 4) is 17.6 Å². The predicted molar refractivity (Wildman–Crippen MR) is 77.7 cm³/mol. The van der Waals surface area contributed by atoms with Crippen LogP contribution in [0.3, 0.4) is 0 Å². The van der Waals surface area contributed by atoms with Gasteiger partial charge in [-0.25, -0.2) is 0 Å². The summed E-state index contributed by atoms with van der Waals surface area (Å²) in [7, 11) is 0. The van der Waals surface area contributed by atoms with Crippen molar-refractivity contribution in [3.63, 3.8) is 0 Å². The summed E-state index contributed by atoms with van der Waals surface area (Å²) in [5, 5.41) is 12.5. The van der Waals surface area contributed by atoms with E-state index in [1.165, 1.54) is 0 Å². The van der Waals surface area contributed by atoms with Crippen LogP contribution in [-0.4, -0.2) is 37.9 Å². The van der Waals surface area contributed by atoms with Crippen LogP contribution >= 0.6 is 15.9 Å². The lowest BCUT2D eigenvalue weighted by molar-refractivity contribution is 0.171. The third-order valence-corrected chi connectivity index (χ3v) is 4.41. The van der Waals surface area contributed by atoms with Gasteiger partial charge in [0.25, 0.3) is 0 Å². The van der Waals surface area contributed by atoms with Gasteiger partial charge < -0.3 is 14.8 Å². The molecule has 0 saturated carbocycles. The zero-order chi connectivity index (χ0) is 13.9. The van der Waals surface area contributed by atoms with Crippen molar-refractivity contribution in [1.29, 1.82) is 5.26 Å². The van der Waals surface area contributed by atoms with Gasteiger partial charge in [-0.2, -0.15) is 5.26 Å². The minimum Gasteiger partial charge on any atom is -0.454 e. The van der Waals surface area contributed by atoms with E-state index in [9.17, 15) is 0 Å². The Labute approximate surface area is 126 Å². The highest BCUT2D eigenvalue weighted by atomic mass is 79.9. The van der Waals surface area contributed by atoms with Crippen LogP contribution in [0.15, 0.2) is 16.6 Å². The summed E-state index contributed by atoms with van der Waals surface area (Å²) < 4.78 is 11.8. The number of piperazine rings is 1. The summed E-state index contributed by atoms with van der Waals surface area (Å²) in [6, 6.07) is 6.32. The molecule has 1 fully saturated rings. The first-order valence-electron chi connectivity index (χ1n) is 6.70. The molecule has 0 bridgehead atoms. The van der Waals surface area contributed by atoms with E-state index < -0.39 is 0 Å². The second-order valence-corrected chi connectivity index (χ2v) is 5.75. The average Bonchev–Trinajstić information content (AvgIpc) is 2.92. The molecule has 0 amide bonds. The van der Waals surface area contributed by atoms with Gasteiger partial charge in [0.15, 0.2) is 11.5 Å². The van der Waals surface area contributed by atoms with Crippen molar-refractivity contribution in [1.82, 2.24) is 10.2 Å². The fourth-order valence-corrected chi connectivity index (χ4v) is 3.29. The van der Waals surface area contributed by atoms with E-state index in [2.05, 4.69) is 32.2 Å². The van der Waals surface area contributed by atoms with Crippen molar-refractivity contribution in [2.75, 3.05) is 33.0 Å². The third-order valence-electron chi connectivity index (χ3n) is 3.73. The molecule has 0 spiro atoms. The van der Waals surface area contributed by atoms with E-state index in [4.69, 9.17) is 14.7 Å². The van der Waals surface area contributed by atoms with Crippen LogP contribution in [0.25, 0.3) is 0 Å². The molecular weight excluding hydrogens is 322 g/mol. The number of benzene rings is 1.